The summed E-state index contributed by atoms with van der Waals surface area (Å²) in [4.78, 5) is 0. The minimum atomic E-state index is -0.315. The first kappa shape index (κ1) is 12.6. The van der Waals surface area contributed by atoms with Crippen LogP contribution in [0, 0.1) is 11.8 Å². The number of rotatable bonds is 4. The maximum atomic E-state index is 10.4. The van der Waals surface area contributed by atoms with E-state index >= 15 is 0 Å². The first-order chi connectivity index (χ1) is 8.24. The van der Waals surface area contributed by atoms with Gasteiger partial charge in [-0.05, 0) is 31.6 Å². The quantitative estimate of drug-likeness (QED) is 0.872. The summed E-state index contributed by atoms with van der Waals surface area (Å²) in [6, 6.07) is 0. The number of aromatic nitrogens is 2. The molecule has 1 aromatic heterocycles. The zero-order valence-electron chi connectivity index (χ0n) is 11.0. The van der Waals surface area contributed by atoms with Crippen molar-refractivity contribution in [1.29, 1.82) is 0 Å². The average Bonchev–Trinajstić information content (AvgIpc) is 2.86. The third-order valence-electron chi connectivity index (χ3n) is 4.17. The standard InChI is InChI=1S/C14H24N2O/c1-3-11-6-5-7-12(8-11)14(17)13-9-15-16(4-2)10-13/h9-12,14,17H,3-8H2,1-2H3. The largest absolute Gasteiger partial charge is 0.388 e. The van der Waals surface area contributed by atoms with Gasteiger partial charge in [-0.1, -0.05) is 26.2 Å². The van der Waals surface area contributed by atoms with E-state index in [1.54, 1.807) is 0 Å². The van der Waals surface area contributed by atoms with Gasteiger partial charge in [-0.15, -0.1) is 0 Å². The molecule has 1 heterocycles. The Labute approximate surface area is 104 Å². The summed E-state index contributed by atoms with van der Waals surface area (Å²) in [6.07, 6.45) is 9.69. The van der Waals surface area contributed by atoms with Gasteiger partial charge >= 0.3 is 0 Å². The molecular weight excluding hydrogens is 212 g/mol. The van der Waals surface area contributed by atoms with Gasteiger partial charge < -0.3 is 5.11 Å². The first-order valence-corrected chi connectivity index (χ1v) is 6.95. The van der Waals surface area contributed by atoms with Gasteiger partial charge in [0, 0.05) is 18.3 Å². The molecule has 3 atom stereocenters. The van der Waals surface area contributed by atoms with E-state index in [4.69, 9.17) is 0 Å². The Balaban J connectivity index is 2.00. The molecule has 96 valence electrons. The maximum Gasteiger partial charge on any atom is 0.0848 e. The van der Waals surface area contributed by atoms with Gasteiger partial charge in [-0.2, -0.15) is 5.10 Å². The van der Waals surface area contributed by atoms with E-state index < -0.39 is 0 Å². The van der Waals surface area contributed by atoms with Crippen molar-refractivity contribution in [1.82, 2.24) is 9.78 Å². The molecular formula is C14H24N2O. The van der Waals surface area contributed by atoms with Crippen LogP contribution in [-0.2, 0) is 6.54 Å². The lowest BCUT2D eigenvalue weighted by atomic mass is 9.76. The van der Waals surface area contributed by atoms with E-state index in [1.165, 1.54) is 25.7 Å². The van der Waals surface area contributed by atoms with Crippen LogP contribution in [0.2, 0.25) is 0 Å². The SMILES string of the molecule is CCC1CCCC(C(O)c2cnn(CC)c2)C1. The summed E-state index contributed by atoms with van der Waals surface area (Å²) in [5, 5.41) is 14.7. The predicted octanol–water partition coefficient (Wildman–Crippen LogP) is 3.15. The van der Waals surface area contributed by atoms with Crippen LogP contribution in [0.15, 0.2) is 12.4 Å². The summed E-state index contributed by atoms with van der Waals surface area (Å²) >= 11 is 0. The van der Waals surface area contributed by atoms with Crippen molar-refractivity contribution in [2.75, 3.05) is 0 Å². The summed E-state index contributed by atoms with van der Waals surface area (Å²) in [5.74, 6) is 1.24. The molecule has 1 aromatic rings. The van der Waals surface area contributed by atoms with Crippen LogP contribution < -0.4 is 0 Å². The summed E-state index contributed by atoms with van der Waals surface area (Å²) in [7, 11) is 0. The third kappa shape index (κ3) is 2.89. The van der Waals surface area contributed by atoms with Gasteiger partial charge in [0.25, 0.3) is 0 Å². The predicted molar refractivity (Wildman–Crippen MR) is 68.6 cm³/mol. The molecule has 1 aliphatic carbocycles. The number of aliphatic hydroxyl groups is 1. The Kier molecular flexibility index (Phi) is 4.21. The van der Waals surface area contributed by atoms with Crippen molar-refractivity contribution in [3.63, 3.8) is 0 Å². The van der Waals surface area contributed by atoms with Crippen molar-refractivity contribution in [3.8, 4) is 0 Å². The van der Waals surface area contributed by atoms with Crippen molar-refractivity contribution in [3.05, 3.63) is 18.0 Å². The molecule has 1 N–H and O–H groups in total. The molecule has 1 saturated carbocycles. The fourth-order valence-electron chi connectivity index (χ4n) is 2.97. The highest BCUT2D eigenvalue weighted by atomic mass is 16.3. The van der Waals surface area contributed by atoms with Crippen LogP contribution in [-0.4, -0.2) is 14.9 Å². The Hall–Kier alpha value is -0.830. The van der Waals surface area contributed by atoms with Crippen LogP contribution in [0.1, 0.15) is 57.6 Å². The van der Waals surface area contributed by atoms with Crippen LogP contribution in [0.25, 0.3) is 0 Å². The van der Waals surface area contributed by atoms with Crippen molar-refractivity contribution < 1.29 is 5.11 Å². The Morgan fingerprint density at radius 2 is 2.29 bits per heavy atom. The fraction of sp³-hybridized carbons (Fsp3) is 0.786. The van der Waals surface area contributed by atoms with Crippen molar-refractivity contribution in [2.45, 2.75) is 58.6 Å². The molecule has 0 spiro atoms. The molecule has 0 saturated heterocycles. The minimum absolute atomic E-state index is 0.315. The highest BCUT2D eigenvalue weighted by molar-refractivity contribution is 5.09. The minimum Gasteiger partial charge on any atom is -0.388 e. The smallest absolute Gasteiger partial charge is 0.0848 e. The molecule has 3 nitrogen and oxygen atoms in total. The van der Waals surface area contributed by atoms with Gasteiger partial charge in [0.1, 0.15) is 0 Å². The van der Waals surface area contributed by atoms with E-state index in [0.29, 0.717) is 5.92 Å². The average molecular weight is 236 g/mol. The van der Waals surface area contributed by atoms with E-state index in [0.717, 1.165) is 24.4 Å². The molecule has 0 aliphatic heterocycles. The number of aryl methyl sites for hydroxylation is 1. The molecule has 0 amide bonds. The molecule has 1 fully saturated rings. The van der Waals surface area contributed by atoms with Gasteiger partial charge in [0.05, 0.1) is 12.3 Å². The van der Waals surface area contributed by atoms with Crippen LogP contribution in [0.3, 0.4) is 0 Å². The molecule has 3 heteroatoms. The molecule has 0 bridgehead atoms. The maximum absolute atomic E-state index is 10.4. The number of aliphatic hydroxyl groups excluding tert-OH is 1. The van der Waals surface area contributed by atoms with Crippen molar-refractivity contribution >= 4 is 0 Å². The highest BCUT2D eigenvalue weighted by Gasteiger charge is 2.28. The molecule has 0 radical (unpaired) electrons. The van der Waals surface area contributed by atoms with Crippen LogP contribution in [0.4, 0.5) is 0 Å². The van der Waals surface area contributed by atoms with Gasteiger partial charge in [-0.25, -0.2) is 0 Å². The monoisotopic (exact) mass is 236 g/mol. The van der Waals surface area contributed by atoms with E-state index in [-0.39, 0.29) is 6.10 Å². The van der Waals surface area contributed by atoms with E-state index in [1.807, 2.05) is 17.1 Å². The second kappa shape index (κ2) is 5.67. The lowest BCUT2D eigenvalue weighted by Crippen LogP contribution is -2.21. The summed E-state index contributed by atoms with van der Waals surface area (Å²) in [6.45, 7) is 5.19. The topological polar surface area (TPSA) is 38.1 Å². The first-order valence-electron chi connectivity index (χ1n) is 6.95. The second-order valence-electron chi connectivity index (χ2n) is 5.28. The number of hydrogen-bond donors (Lipinski definition) is 1. The number of nitrogens with zero attached hydrogens (tertiary/aromatic N) is 2. The Bertz CT molecular complexity index is 348. The van der Waals surface area contributed by atoms with Gasteiger partial charge in [0.2, 0.25) is 0 Å². The van der Waals surface area contributed by atoms with Crippen LogP contribution >= 0.6 is 0 Å². The zero-order chi connectivity index (χ0) is 12.3. The van der Waals surface area contributed by atoms with E-state index in [9.17, 15) is 5.11 Å². The Morgan fingerprint density at radius 3 is 2.94 bits per heavy atom. The van der Waals surface area contributed by atoms with Gasteiger partial charge in [-0.3, -0.25) is 4.68 Å². The molecule has 2 rings (SSSR count). The lowest BCUT2D eigenvalue weighted by Gasteiger charge is -2.31. The zero-order valence-corrected chi connectivity index (χ0v) is 11.0. The molecule has 3 unspecified atom stereocenters. The summed E-state index contributed by atoms with van der Waals surface area (Å²) in [5.41, 5.74) is 0.994. The fourth-order valence-corrected chi connectivity index (χ4v) is 2.97. The lowest BCUT2D eigenvalue weighted by molar-refractivity contribution is 0.0677. The van der Waals surface area contributed by atoms with E-state index in [2.05, 4.69) is 18.9 Å². The summed E-state index contributed by atoms with van der Waals surface area (Å²) < 4.78 is 1.89. The second-order valence-corrected chi connectivity index (χ2v) is 5.28. The Morgan fingerprint density at radius 1 is 1.47 bits per heavy atom. The van der Waals surface area contributed by atoms with Gasteiger partial charge in [0.15, 0.2) is 0 Å². The molecule has 17 heavy (non-hydrogen) atoms. The molecule has 0 aromatic carbocycles. The molecule has 1 aliphatic rings. The number of hydrogen-bond acceptors (Lipinski definition) is 2. The third-order valence-corrected chi connectivity index (χ3v) is 4.17. The van der Waals surface area contributed by atoms with Crippen LogP contribution in [0.5, 0.6) is 0 Å². The highest BCUT2D eigenvalue weighted by Crippen LogP contribution is 2.38. The normalized spacial score (nSPS) is 27.0. The van der Waals surface area contributed by atoms with Crippen molar-refractivity contribution in [2.24, 2.45) is 11.8 Å².